The van der Waals surface area contributed by atoms with Crippen molar-refractivity contribution in [1.29, 1.82) is 0 Å². The Morgan fingerprint density at radius 1 is 0.333 bits per heavy atom. The Bertz CT molecular complexity index is 3210. The Kier molecular flexibility index (Phi) is 7.55. The van der Waals surface area contributed by atoms with Crippen molar-refractivity contribution in [3.8, 4) is 67.3 Å². The van der Waals surface area contributed by atoms with E-state index in [0.29, 0.717) is 5.82 Å². The summed E-state index contributed by atoms with van der Waals surface area (Å²) in [4.78, 5) is 10.5. The van der Waals surface area contributed by atoms with Gasteiger partial charge in [0.15, 0.2) is 5.82 Å². The molecule has 0 saturated heterocycles. The summed E-state index contributed by atoms with van der Waals surface area (Å²) >= 11 is 0. The van der Waals surface area contributed by atoms with Crippen molar-refractivity contribution in [2.45, 2.75) is 19.3 Å². The molecular formula is C55H38N2. The third-order valence-corrected chi connectivity index (χ3v) is 12.1. The van der Waals surface area contributed by atoms with E-state index in [-0.39, 0.29) is 5.41 Å². The second-order valence-corrected chi connectivity index (χ2v) is 15.7. The van der Waals surface area contributed by atoms with Crippen molar-refractivity contribution in [3.63, 3.8) is 0 Å². The molecule has 0 N–H and O–H groups in total. The second kappa shape index (κ2) is 13.0. The summed E-state index contributed by atoms with van der Waals surface area (Å²) < 4.78 is 0. The molecule has 0 amide bonds. The molecule has 0 saturated carbocycles. The Hall–Kier alpha value is -7.16. The lowest BCUT2D eigenvalue weighted by molar-refractivity contribution is 0.660. The van der Waals surface area contributed by atoms with Gasteiger partial charge in [0, 0.05) is 22.1 Å². The van der Waals surface area contributed by atoms with Crippen molar-refractivity contribution < 1.29 is 0 Å². The highest BCUT2D eigenvalue weighted by Gasteiger charge is 2.36. The topological polar surface area (TPSA) is 25.8 Å². The summed E-state index contributed by atoms with van der Waals surface area (Å²) in [7, 11) is 0. The molecule has 268 valence electrons. The van der Waals surface area contributed by atoms with E-state index in [0.717, 1.165) is 33.6 Å². The van der Waals surface area contributed by atoms with Crippen LogP contribution in [0.2, 0.25) is 0 Å². The smallest absolute Gasteiger partial charge is 0.160 e. The Balaban J connectivity index is 1.08. The van der Waals surface area contributed by atoms with Gasteiger partial charge in [-0.3, -0.25) is 0 Å². The minimum Gasteiger partial charge on any atom is -0.228 e. The van der Waals surface area contributed by atoms with E-state index in [2.05, 4.69) is 202 Å². The number of rotatable bonds is 5. The average Bonchev–Trinajstić information content (AvgIpc) is 3.51. The van der Waals surface area contributed by atoms with Crippen LogP contribution in [-0.2, 0) is 5.41 Å². The van der Waals surface area contributed by atoms with Gasteiger partial charge in [-0.15, -0.1) is 0 Å². The van der Waals surface area contributed by atoms with Crippen molar-refractivity contribution in [2.24, 2.45) is 0 Å². The molecule has 11 rings (SSSR count). The molecule has 0 bridgehead atoms. The van der Waals surface area contributed by atoms with Gasteiger partial charge in [0.05, 0.1) is 11.4 Å². The van der Waals surface area contributed by atoms with E-state index in [1.807, 2.05) is 6.07 Å². The number of aromatic nitrogens is 2. The van der Waals surface area contributed by atoms with Crippen LogP contribution in [0.1, 0.15) is 25.0 Å². The number of hydrogen-bond acceptors (Lipinski definition) is 2. The molecule has 9 aromatic carbocycles. The third kappa shape index (κ3) is 5.40. The van der Waals surface area contributed by atoms with Crippen LogP contribution in [-0.4, -0.2) is 9.97 Å². The van der Waals surface area contributed by atoms with Crippen LogP contribution in [0.4, 0.5) is 0 Å². The molecule has 1 aromatic heterocycles. The molecule has 0 unspecified atom stereocenters. The molecule has 1 heterocycles. The summed E-state index contributed by atoms with van der Waals surface area (Å²) in [5.74, 6) is 0.706. The van der Waals surface area contributed by atoms with Gasteiger partial charge in [-0.1, -0.05) is 184 Å². The predicted molar refractivity (Wildman–Crippen MR) is 239 cm³/mol. The number of benzene rings is 9. The maximum absolute atomic E-state index is 5.26. The third-order valence-electron chi connectivity index (χ3n) is 12.1. The fraction of sp³-hybridized carbons (Fsp3) is 0.0545. The lowest BCUT2D eigenvalue weighted by Gasteiger charge is -2.21. The van der Waals surface area contributed by atoms with Crippen LogP contribution < -0.4 is 0 Å². The zero-order valence-corrected chi connectivity index (χ0v) is 31.9. The zero-order valence-electron chi connectivity index (χ0n) is 31.9. The van der Waals surface area contributed by atoms with Crippen LogP contribution in [0.15, 0.2) is 194 Å². The summed E-state index contributed by atoms with van der Waals surface area (Å²) in [6, 6.07) is 70.2. The molecule has 2 heteroatoms. The second-order valence-electron chi connectivity index (χ2n) is 15.7. The van der Waals surface area contributed by atoms with Gasteiger partial charge >= 0.3 is 0 Å². The van der Waals surface area contributed by atoms with E-state index < -0.39 is 0 Å². The van der Waals surface area contributed by atoms with E-state index in [1.54, 1.807) is 0 Å². The summed E-state index contributed by atoms with van der Waals surface area (Å²) in [6.07, 6.45) is 0. The van der Waals surface area contributed by atoms with Crippen LogP contribution in [0.5, 0.6) is 0 Å². The molecule has 10 aromatic rings. The van der Waals surface area contributed by atoms with E-state index in [9.17, 15) is 0 Å². The average molecular weight is 727 g/mol. The molecule has 0 spiro atoms. The minimum atomic E-state index is -0.0632. The highest BCUT2D eigenvalue weighted by atomic mass is 14.9. The Morgan fingerprint density at radius 3 is 1.72 bits per heavy atom. The number of hydrogen-bond donors (Lipinski definition) is 0. The highest BCUT2D eigenvalue weighted by molar-refractivity contribution is 6.20. The molecule has 0 radical (unpaired) electrons. The van der Waals surface area contributed by atoms with Gasteiger partial charge in [-0.25, -0.2) is 9.97 Å². The van der Waals surface area contributed by atoms with Gasteiger partial charge in [-0.05, 0) is 101 Å². The Labute approximate surface area is 332 Å². The van der Waals surface area contributed by atoms with Gasteiger partial charge < -0.3 is 0 Å². The van der Waals surface area contributed by atoms with Gasteiger partial charge in [0.25, 0.3) is 0 Å². The summed E-state index contributed by atoms with van der Waals surface area (Å²) in [6.45, 7) is 4.68. The summed E-state index contributed by atoms with van der Waals surface area (Å²) in [5.41, 5.74) is 15.0. The van der Waals surface area contributed by atoms with Crippen molar-refractivity contribution in [1.82, 2.24) is 9.97 Å². The molecule has 1 aliphatic carbocycles. The first-order chi connectivity index (χ1) is 28.0. The first-order valence-corrected chi connectivity index (χ1v) is 19.7. The van der Waals surface area contributed by atoms with Gasteiger partial charge in [0.1, 0.15) is 0 Å². The van der Waals surface area contributed by atoms with Crippen LogP contribution in [0, 0.1) is 0 Å². The lowest BCUT2D eigenvalue weighted by Crippen LogP contribution is -2.14. The van der Waals surface area contributed by atoms with Gasteiger partial charge in [0.2, 0.25) is 0 Å². The first-order valence-electron chi connectivity index (χ1n) is 19.7. The molecule has 1 aliphatic rings. The highest BCUT2D eigenvalue weighted by Crippen LogP contribution is 2.52. The van der Waals surface area contributed by atoms with Crippen LogP contribution >= 0.6 is 0 Å². The van der Waals surface area contributed by atoms with E-state index in [1.165, 1.54) is 71.3 Å². The van der Waals surface area contributed by atoms with Crippen molar-refractivity contribution in [3.05, 3.63) is 205 Å². The largest absolute Gasteiger partial charge is 0.228 e. The predicted octanol–water partition coefficient (Wildman–Crippen LogP) is 14.6. The SMILES string of the molecule is CC1(C)c2ccccc2-c2c(-c3cccc(-c4cc(-c5cccc(-c6c7ccccc7cc7c6ccc6ccccc67)c5)nc(-c5ccccc5)n4)c3)cccc21. The van der Waals surface area contributed by atoms with Crippen molar-refractivity contribution in [2.75, 3.05) is 0 Å². The normalized spacial score (nSPS) is 12.9. The monoisotopic (exact) mass is 726 g/mol. The first kappa shape index (κ1) is 33.2. The minimum absolute atomic E-state index is 0.0632. The van der Waals surface area contributed by atoms with Crippen LogP contribution in [0.3, 0.4) is 0 Å². The molecule has 2 nitrogen and oxygen atoms in total. The number of nitrogens with zero attached hydrogens (tertiary/aromatic N) is 2. The number of fused-ring (bicyclic) bond motifs is 7. The van der Waals surface area contributed by atoms with Gasteiger partial charge in [-0.2, -0.15) is 0 Å². The molecule has 57 heavy (non-hydrogen) atoms. The van der Waals surface area contributed by atoms with Crippen molar-refractivity contribution >= 4 is 32.3 Å². The molecule has 0 aliphatic heterocycles. The lowest BCUT2D eigenvalue weighted by atomic mass is 9.82. The summed E-state index contributed by atoms with van der Waals surface area (Å²) in [5, 5.41) is 7.49. The standard InChI is InChI=1S/C55H38N2/c1-55(2)48-27-11-10-25-46(48)53-44(26-14-28-49(53)55)37-19-12-20-39(31-37)50-34-51(57-54(56-50)36-16-4-3-5-17-36)40-21-13-22-41(32-40)52-43-24-9-7-18-38(43)33-47-42-23-8-6-15-35(42)29-30-45(47)52/h3-34H,1-2H3. The molecular weight excluding hydrogens is 689 g/mol. The fourth-order valence-corrected chi connectivity index (χ4v) is 9.27. The van der Waals surface area contributed by atoms with E-state index in [4.69, 9.17) is 9.97 Å². The quantitative estimate of drug-likeness (QED) is 0.130. The Morgan fingerprint density at radius 2 is 0.912 bits per heavy atom. The molecule has 0 fully saturated rings. The maximum Gasteiger partial charge on any atom is 0.160 e. The zero-order chi connectivity index (χ0) is 38.1. The van der Waals surface area contributed by atoms with Crippen LogP contribution in [0.25, 0.3) is 99.6 Å². The fourth-order valence-electron chi connectivity index (χ4n) is 9.27. The maximum atomic E-state index is 5.26. The van der Waals surface area contributed by atoms with E-state index >= 15 is 0 Å². The molecule has 0 atom stereocenters.